The van der Waals surface area contributed by atoms with Crippen molar-refractivity contribution in [2.24, 2.45) is 9.98 Å². The summed E-state index contributed by atoms with van der Waals surface area (Å²) in [4.78, 5) is 9.53. The number of aryl methyl sites for hydroxylation is 1. The van der Waals surface area contributed by atoms with Crippen LogP contribution >= 0.6 is 0 Å². The lowest BCUT2D eigenvalue weighted by molar-refractivity contribution is 0.287. The van der Waals surface area contributed by atoms with E-state index in [-0.39, 0.29) is 0 Å². The maximum atomic E-state index is 5.71. The van der Waals surface area contributed by atoms with Crippen molar-refractivity contribution in [3.8, 4) is 5.88 Å². The molecule has 0 saturated carbocycles. The summed E-state index contributed by atoms with van der Waals surface area (Å²) in [5.74, 6) is 0.695. The van der Waals surface area contributed by atoms with Gasteiger partial charge in [0.25, 0.3) is 0 Å². The minimum absolute atomic E-state index is 0.560. The predicted octanol–water partition coefficient (Wildman–Crippen LogP) is 3.97. The van der Waals surface area contributed by atoms with Crippen molar-refractivity contribution in [1.82, 2.24) is 14.7 Å². The lowest BCUT2D eigenvalue weighted by atomic mass is 10.2. The van der Waals surface area contributed by atoms with E-state index in [0.29, 0.717) is 12.5 Å². The van der Waals surface area contributed by atoms with Crippen LogP contribution in [0.3, 0.4) is 0 Å². The third-order valence-electron chi connectivity index (χ3n) is 3.45. The fourth-order valence-electron chi connectivity index (χ4n) is 2.03. The summed E-state index contributed by atoms with van der Waals surface area (Å²) in [5, 5.41) is 4.46. The molecule has 2 aromatic rings. The maximum absolute atomic E-state index is 5.71. The van der Waals surface area contributed by atoms with E-state index in [0.717, 1.165) is 30.1 Å². The second kappa shape index (κ2) is 12.6. The van der Waals surface area contributed by atoms with Crippen LogP contribution < -0.4 is 4.74 Å². The number of hydrogen-bond donors (Lipinski definition) is 0. The molecule has 0 N–H and O–H groups in total. The molecule has 1 heterocycles. The highest BCUT2D eigenvalue weighted by Gasteiger charge is 2.05. The molecule has 1 aromatic carbocycles. The molecule has 0 radical (unpaired) electrons. The minimum Gasteiger partial charge on any atom is -0.472 e. The van der Waals surface area contributed by atoms with Crippen molar-refractivity contribution < 1.29 is 4.74 Å². The molecule has 6 nitrogen and oxygen atoms in total. The Kier molecular flexibility index (Phi) is 10.4. The van der Waals surface area contributed by atoms with Gasteiger partial charge in [0.05, 0.1) is 6.54 Å². The maximum Gasteiger partial charge on any atom is 0.233 e. The Morgan fingerprint density at radius 1 is 1.22 bits per heavy atom. The van der Waals surface area contributed by atoms with E-state index < -0.39 is 0 Å². The Morgan fingerprint density at radius 3 is 2.52 bits per heavy atom. The highest BCUT2D eigenvalue weighted by atomic mass is 16.5. The molecule has 0 atom stereocenters. The van der Waals surface area contributed by atoms with Crippen molar-refractivity contribution in [2.45, 2.75) is 33.9 Å². The van der Waals surface area contributed by atoms with Gasteiger partial charge in [-0.15, -0.1) is 5.10 Å². The van der Waals surface area contributed by atoms with Crippen LogP contribution in [-0.2, 0) is 13.2 Å². The summed E-state index contributed by atoms with van der Waals surface area (Å²) in [6, 6.07) is 12.1. The fraction of sp³-hybridized carbons (Fsp3) is 0.381. The first-order valence-electron chi connectivity index (χ1n) is 8.90. The first-order valence-corrected chi connectivity index (χ1v) is 8.90. The van der Waals surface area contributed by atoms with Gasteiger partial charge in [0.2, 0.25) is 5.88 Å². The standard InChI is InChI=1S/C15H21N3O.C6H10N2/c1-13-11-15(16-18(13)10-9-17(2)3)19-12-14-7-5-4-6-8-14;1-6(2)8-5-4-7-3/h4-8,11H,9-10,12H2,1-3H3;4-5H,3H2,1-2H3/b;5-4-. The van der Waals surface area contributed by atoms with Crippen LogP contribution in [0.4, 0.5) is 0 Å². The summed E-state index contributed by atoms with van der Waals surface area (Å²) in [7, 11) is 4.12. The summed E-state index contributed by atoms with van der Waals surface area (Å²) in [6.45, 7) is 11.6. The Bertz CT molecular complexity index is 728. The summed E-state index contributed by atoms with van der Waals surface area (Å²) in [5.41, 5.74) is 3.30. The van der Waals surface area contributed by atoms with Crippen LogP contribution in [0.25, 0.3) is 0 Å². The molecule has 0 amide bonds. The first kappa shape index (κ1) is 22.3. The van der Waals surface area contributed by atoms with Gasteiger partial charge in [-0.3, -0.25) is 14.7 Å². The topological polar surface area (TPSA) is 55.0 Å². The molecule has 1 aromatic heterocycles. The minimum atomic E-state index is 0.560. The lowest BCUT2D eigenvalue weighted by Gasteiger charge is -2.10. The van der Waals surface area contributed by atoms with Crippen molar-refractivity contribution in [2.75, 3.05) is 20.6 Å². The van der Waals surface area contributed by atoms with Crippen molar-refractivity contribution >= 4 is 12.4 Å². The number of aromatic nitrogens is 2. The Morgan fingerprint density at radius 2 is 1.93 bits per heavy atom. The third-order valence-corrected chi connectivity index (χ3v) is 3.45. The molecule has 0 aliphatic carbocycles. The van der Waals surface area contributed by atoms with E-state index >= 15 is 0 Å². The van der Waals surface area contributed by atoms with Crippen molar-refractivity contribution in [3.05, 3.63) is 60.1 Å². The van der Waals surface area contributed by atoms with Crippen LogP contribution in [0.2, 0.25) is 0 Å². The molecule has 6 heteroatoms. The van der Waals surface area contributed by atoms with Gasteiger partial charge in [-0.05, 0) is 47.1 Å². The van der Waals surface area contributed by atoms with Gasteiger partial charge >= 0.3 is 0 Å². The van der Waals surface area contributed by atoms with Gasteiger partial charge in [0, 0.05) is 36.4 Å². The Hall–Kier alpha value is -2.73. The zero-order valence-electron chi connectivity index (χ0n) is 17.1. The van der Waals surface area contributed by atoms with Crippen LogP contribution in [0, 0.1) is 6.92 Å². The molecule has 0 spiro atoms. The summed E-state index contributed by atoms with van der Waals surface area (Å²) >= 11 is 0. The fourth-order valence-corrected chi connectivity index (χ4v) is 2.03. The highest BCUT2D eigenvalue weighted by molar-refractivity contribution is 5.79. The largest absolute Gasteiger partial charge is 0.472 e. The molecule has 0 unspecified atom stereocenters. The van der Waals surface area contributed by atoms with Gasteiger partial charge in [0.15, 0.2) is 0 Å². The monoisotopic (exact) mass is 369 g/mol. The van der Waals surface area contributed by atoms with Crippen molar-refractivity contribution in [3.63, 3.8) is 0 Å². The van der Waals surface area contributed by atoms with Gasteiger partial charge in [-0.25, -0.2) is 0 Å². The number of likely N-dealkylation sites (N-methyl/N-ethyl adjacent to an activating group) is 1. The van der Waals surface area contributed by atoms with Gasteiger partial charge < -0.3 is 9.64 Å². The van der Waals surface area contributed by atoms with Gasteiger partial charge in [-0.2, -0.15) is 0 Å². The highest BCUT2D eigenvalue weighted by Crippen LogP contribution is 2.13. The second-order valence-corrected chi connectivity index (χ2v) is 6.48. The van der Waals surface area contributed by atoms with Crippen LogP contribution in [-0.4, -0.2) is 47.7 Å². The molecular formula is C21H31N5O. The van der Waals surface area contributed by atoms with Gasteiger partial charge in [0.1, 0.15) is 6.61 Å². The molecule has 2 rings (SSSR count). The zero-order valence-corrected chi connectivity index (χ0v) is 17.1. The lowest BCUT2D eigenvalue weighted by Crippen LogP contribution is -2.19. The average molecular weight is 370 g/mol. The number of ether oxygens (including phenoxy) is 1. The summed E-state index contributed by atoms with van der Waals surface area (Å²) in [6.07, 6.45) is 3.16. The Balaban J connectivity index is 0.000000387. The smallest absolute Gasteiger partial charge is 0.233 e. The first-order chi connectivity index (χ1) is 12.9. The van der Waals surface area contributed by atoms with Crippen molar-refractivity contribution in [1.29, 1.82) is 0 Å². The van der Waals surface area contributed by atoms with E-state index in [1.54, 1.807) is 12.4 Å². The number of rotatable bonds is 8. The van der Waals surface area contributed by atoms with E-state index in [1.165, 1.54) is 0 Å². The molecule has 146 valence electrons. The second-order valence-electron chi connectivity index (χ2n) is 6.48. The van der Waals surface area contributed by atoms with E-state index in [9.17, 15) is 0 Å². The molecule has 0 aliphatic heterocycles. The SMILES string of the molecule is C=N/C=C\N=C(C)C.Cc1cc(OCc2ccccc2)nn1CCN(C)C. The number of benzene rings is 1. The number of nitrogens with zero attached hydrogens (tertiary/aromatic N) is 5. The van der Waals surface area contributed by atoms with Crippen LogP contribution in [0.15, 0.2) is 58.8 Å². The summed E-state index contributed by atoms with van der Waals surface area (Å²) < 4.78 is 7.70. The molecule has 0 aliphatic rings. The molecule has 0 bridgehead atoms. The van der Waals surface area contributed by atoms with E-state index in [1.807, 2.05) is 42.8 Å². The number of aliphatic imine (C=N–C) groups is 2. The van der Waals surface area contributed by atoms with Gasteiger partial charge in [-0.1, -0.05) is 30.3 Å². The third kappa shape index (κ3) is 10.1. The van der Waals surface area contributed by atoms with E-state index in [4.69, 9.17) is 4.74 Å². The predicted molar refractivity (Wildman–Crippen MR) is 114 cm³/mol. The Labute approximate surface area is 162 Å². The van der Waals surface area contributed by atoms with E-state index in [2.05, 4.69) is 59.9 Å². The van der Waals surface area contributed by atoms with Crippen LogP contribution in [0.5, 0.6) is 5.88 Å². The quantitative estimate of drug-likeness (QED) is 0.662. The zero-order chi connectivity index (χ0) is 20.1. The molecule has 27 heavy (non-hydrogen) atoms. The molecular weight excluding hydrogens is 338 g/mol. The number of hydrogen-bond acceptors (Lipinski definition) is 5. The average Bonchev–Trinajstić information content (AvgIpc) is 2.99. The molecule has 0 fully saturated rings. The normalized spacial score (nSPS) is 10.4. The molecule has 0 saturated heterocycles. The van der Waals surface area contributed by atoms with Crippen LogP contribution in [0.1, 0.15) is 25.1 Å².